The molecule has 0 aliphatic carbocycles. The number of ether oxygens (including phenoxy) is 1. The Kier molecular flexibility index (Phi) is 5.48. The van der Waals surface area contributed by atoms with Gasteiger partial charge in [-0.3, -0.25) is 4.79 Å². The Balaban J connectivity index is 1.35. The highest BCUT2D eigenvalue weighted by Crippen LogP contribution is 2.33. The Hall–Kier alpha value is -3.10. The molecule has 4 aromatic rings. The Morgan fingerprint density at radius 1 is 1.06 bits per heavy atom. The van der Waals surface area contributed by atoms with E-state index >= 15 is 0 Å². The fraction of sp³-hybridized carbons (Fsp3) is 0.261. The second-order valence-corrected chi connectivity index (χ2v) is 8.99. The number of carbonyl (C=O) groups excluding carboxylic acids is 1. The van der Waals surface area contributed by atoms with E-state index in [0.717, 1.165) is 45.7 Å². The van der Waals surface area contributed by atoms with Crippen LogP contribution in [0.2, 0.25) is 5.02 Å². The van der Waals surface area contributed by atoms with Gasteiger partial charge in [-0.1, -0.05) is 35.1 Å². The van der Waals surface area contributed by atoms with Gasteiger partial charge in [0.25, 0.3) is 5.91 Å². The lowest BCUT2D eigenvalue weighted by molar-refractivity contribution is 0.0747. The van der Waals surface area contributed by atoms with E-state index in [2.05, 4.69) is 10.00 Å². The zero-order chi connectivity index (χ0) is 22.2. The first-order chi connectivity index (χ1) is 15.5. The second-order valence-electron chi connectivity index (χ2n) is 7.60. The van der Waals surface area contributed by atoms with Crippen molar-refractivity contribution in [1.29, 1.82) is 0 Å². The summed E-state index contributed by atoms with van der Waals surface area (Å²) in [6.45, 7) is 4.71. The number of fused-ring (bicyclic) bond motifs is 1. The van der Waals surface area contributed by atoms with Crippen molar-refractivity contribution in [2.24, 2.45) is 0 Å². The highest BCUT2D eigenvalue weighted by Gasteiger charge is 2.26. The quantitative estimate of drug-likeness (QED) is 0.444. The van der Waals surface area contributed by atoms with Gasteiger partial charge in [0.1, 0.15) is 5.75 Å². The number of rotatable bonds is 4. The molecule has 2 aromatic heterocycles. The summed E-state index contributed by atoms with van der Waals surface area (Å²) >= 11 is 7.86. The summed E-state index contributed by atoms with van der Waals surface area (Å²) in [5.41, 5.74) is 3.29. The third-order valence-corrected chi connectivity index (χ3v) is 7.18. The molecule has 1 aliphatic rings. The Morgan fingerprint density at radius 2 is 1.78 bits per heavy atom. The maximum atomic E-state index is 12.8. The average Bonchev–Trinajstić information content (AvgIpc) is 3.40. The number of thiazole rings is 1. The van der Waals surface area contributed by atoms with Gasteiger partial charge in [-0.05, 0) is 43.3 Å². The molecule has 1 aliphatic heterocycles. The van der Waals surface area contributed by atoms with Gasteiger partial charge in [0.05, 0.1) is 33.8 Å². The molecule has 0 atom stereocenters. The van der Waals surface area contributed by atoms with Crippen molar-refractivity contribution < 1.29 is 9.53 Å². The van der Waals surface area contributed by atoms with Crippen LogP contribution in [0.5, 0.6) is 5.75 Å². The van der Waals surface area contributed by atoms with Crippen molar-refractivity contribution in [3.63, 3.8) is 0 Å². The van der Waals surface area contributed by atoms with E-state index in [0.29, 0.717) is 23.7 Å². The van der Waals surface area contributed by atoms with Crippen molar-refractivity contribution in [2.45, 2.75) is 6.92 Å². The van der Waals surface area contributed by atoms with Crippen LogP contribution in [0.15, 0.2) is 48.5 Å². The zero-order valence-electron chi connectivity index (χ0n) is 17.8. The van der Waals surface area contributed by atoms with Crippen molar-refractivity contribution in [1.82, 2.24) is 19.7 Å². The molecule has 1 saturated heterocycles. The van der Waals surface area contributed by atoms with Gasteiger partial charge in [-0.2, -0.15) is 10.1 Å². The Labute approximate surface area is 194 Å². The minimum absolute atomic E-state index is 0.0226. The van der Waals surface area contributed by atoms with E-state index in [1.165, 1.54) is 0 Å². The molecule has 0 spiro atoms. The molecule has 0 bridgehead atoms. The predicted molar refractivity (Wildman–Crippen MR) is 128 cm³/mol. The monoisotopic (exact) mass is 467 g/mol. The van der Waals surface area contributed by atoms with Gasteiger partial charge >= 0.3 is 0 Å². The van der Waals surface area contributed by atoms with E-state index in [1.807, 2.05) is 52.9 Å². The SMILES string of the molecule is COc1ccc(-n2nc(C)c3sc(N4CCN(C(=O)c5ccccc5Cl)CC4)nc32)cc1. The lowest BCUT2D eigenvalue weighted by Gasteiger charge is -2.34. The third-order valence-electron chi connectivity index (χ3n) is 5.64. The van der Waals surface area contributed by atoms with E-state index in [9.17, 15) is 4.79 Å². The van der Waals surface area contributed by atoms with Crippen LogP contribution < -0.4 is 9.64 Å². The van der Waals surface area contributed by atoms with Crippen molar-refractivity contribution in [3.05, 3.63) is 64.8 Å². The number of aromatic nitrogens is 3. The fourth-order valence-electron chi connectivity index (χ4n) is 3.87. The first-order valence-corrected chi connectivity index (χ1v) is 11.5. The summed E-state index contributed by atoms with van der Waals surface area (Å²) in [5.74, 6) is 0.780. The topological polar surface area (TPSA) is 63.5 Å². The van der Waals surface area contributed by atoms with Crippen LogP contribution in [0.25, 0.3) is 16.0 Å². The largest absolute Gasteiger partial charge is 0.497 e. The summed E-state index contributed by atoms with van der Waals surface area (Å²) < 4.78 is 8.21. The van der Waals surface area contributed by atoms with Gasteiger partial charge in [-0.15, -0.1) is 0 Å². The Bertz CT molecular complexity index is 1280. The third kappa shape index (κ3) is 3.69. The summed E-state index contributed by atoms with van der Waals surface area (Å²) in [5, 5.41) is 6.12. The molecule has 0 saturated carbocycles. The molecule has 3 heterocycles. The highest BCUT2D eigenvalue weighted by molar-refractivity contribution is 7.22. The predicted octanol–water partition coefficient (Wildman–Crippen LogP) is 4.41. The first kappa shape index (κ1) is 20.8. The van der Waals surface area contributed by atoms with Gasteiger partial charge in [0, 0.05) is 26.2 Å². The van der Waals surface area contributed by atoms with E-state index in [4.69, 9.17) is 21.3 Å². The van der Waals surface area contributed by atoms with Gasteiger partial charge in [-0.25, -0.2) is 4.68 Å². The number of halogens is 1. The molecule has 0 radical (unpaired) electrons. The highest BCUT2D eigenvalue weighted by atomic mass is 35.5. The molecular weight excluding hydrogens is 446 g/mol. The van der Waals surface area contributed by atoms with Crippen LogP contribution in [0.3, 0.4) is 0 Å². The number of anilines is 1. The molecule has 7 nitrogen and oxygen atoms in total. The molecule has 0 N–H and O–H groups in total. The number of piperazine rings is 1. The van der Waals surface area contributed by atoms with Crippen molar-refractivity contribution in [3.8, 4) is 11.4 Å². The summed E-state index contributed by atoms with van der Waals surface area (Å²) in [4.78, 5) is 21.8. The molecule has 1 amide bonds. The Morgan fingerprint density at radius 3 is 2.47 bits per heavy atom. The molecule has 164 valence electrons. The normalized spacial score (nSPS) is 14.2. The van der Waals surface area contributed by atoms with Gasteiger partial charge in [0.15, 0.2) is 10.8 Å². The minimum Gasteiger partial charge on any atom is -0.497 e. The van der Waals surface area contributed by atoms with Crippen molar-refractivity contribution >= 4 is 44.3 Å². The van der Waals surface area contributed by atoms with Crippen LogP contribution in [-0.2, 0) is 0 Å². The summed E-state index contributed by atoms with van der Waals surface area (Å²) in [7, 11) is 1.65. The summed E-state index contributed by atoms with van der Waals surface area (Å²) in [6.07, 6.45) is 0. The van der Waals surface area contributed by atoms with Crippen LogP contribution in [-0.4, -0.2) is 58.9 Å². The van der Waals surface area contributed by atoms with Crippen LogP contribution in [0.1, 0.15) is 16.1 Å². The maximum absolute atomic E-state index is 12.8. The molecule has 5 rings (SSSR count). The molecule has 32 heavy (non-hydrogen) atoms. The number of hydrogen-bond donors (Lipinski definition) is 0. The first-order valence-electron chi connectivity index (χ1n) is 10.3. The number of methoxy groups -OCH3 is 1. The minimum atomic E-state index is -0.0226. The van der Waals surface area contributed by atoms with Gasteiger partial charge < -0.3 is 14.5 Å². The van der Waals surface area contributed by atoms with Crippen LogP contribution >= 0.6 is 22.9 Å². The van der Waals surface area contributed by atoms with E-state index < -0.39 is 0 Å². The number of hydrogen-bond acceptors (Lipinski definition) is 6. The number of nitrogens with zero attached hydrogens (tertiary/aromatic N) is 5. The van der Waals surface area contributed by atoms with Crippen molar-refractivity contribution in [2.75, 3.05) is 38.2 Å². The number of carbonyl (C=O) groups is 1. The standard InChI is InChI=1S/C23H22ClN5O2S/c1-15-20-21(29(26-15)16-7-9-17(31-2)10-8-16)25-23(32-20)28-13-11-27(12-14-28)22(30)18-5-3-4-6-19(18)24/h3-10H,11-14H2,1-2H3. The fourth-order valence-corrected chi connectivity index (χ4v) is 5.12. The lowest BCUT2D eigenvalue weighted by atomic mass is 10.2. The zero-order valence-corrected chi connectivity index (χ0v) is 19.4. The second kappa shape index (κ2) is 8.44. The lowest BCUT2D eigenvalue weighted by Crippen LogP contribution is -2.48. The van der Waals surface area contributed by atoms with Crippen LogP contribution in [0, 0.1) is 6.92 Å². The van der Waals surface area contributed by atoms with Gasteiger partial charge in [0.2, 0.25) is 0 Å². The van der Waals surface area contributed by atoms with Crippen LogP contribution in [0.4, 0.5) is 5.13 Å². The molecule has 1 fully saturated rings. The number of amides is 1. The maximum Gasteiger partial charge on any atom is 0.255 e. The van der Waals surface area contributed by atoms with E-state index in [-0.39, 0.29) is 5.91 Å². The number of aryl methyl sites for hydroxylation is 1. The molecule has 9 heteroatoms. The molecule has 0 unspecified atom stereocenters. The molecule has 2 aromatic carbocycles. The summed E-state index contributed by atoms with van der Waals surface area (Å²) in [6, 6.07) is 15.0. The van der Waals surface area contributed by atoms with E-state index in [1.54, 1.807) is 30.6 Å². The average molecular weight is 468 g/mol. The number of benzene rings is 2. The smallest absolute Gasteiger partial charge is 0.255 e. The molecular formula is C23H22ClN5O2S.